The van der Waals surface area contributed by atoms with E-state index in [1.165, 1.54) is 24.1 Å². The van der Waals surface area contributed by atoms with Crippen molar-refractivity contribution in [1.82, 2.24) is 14.8 Å². The lowest BCUT2D eigenvalue weighted by Gasteiger charge is -2.40. The molecular weight excluding hydrogens is 561 g/mol. The molecule has 2 amide bonds. The van der Waals surface area contributed by atoms with Gasteiger partial charge in [-0.3, -0.25) is 9.59 Å². The Kier molecular flexibility index (Phi) is 9.38. The Bertz CT molecular complexity index is 1240. The van der Waals surface area contributed by atoms with E-state index in [-0.39, 0.29) is 30.4 Å². The van der Waals surface area contributed by atoms with Crippen LogP contribution in [0.5, 0.6) is 5.75 Å². The van der Waals surface area contributed by atoms with E-state index in [0.29, 0.717) is 29.7 Å². The lowest BCUT2D eigenvalue weighted by Crippen LogP contribution is -2.57. The summed E-state index contributed by atoms with van der Waals surface area (Å²) in [6.45, 7) is 1.93. The number of carbonyl (C=O) groups is 2. The van der Waals surface area contributed by atoms with Crippen molar-refractivity contribution in [3.05, 3.63) is 52.8 Å². The minimum absolute atomic E-state index is 0.124. The highest BCUT2D eigenvalue weighted by Gasteiger charge is 2.62. The molecule has 1 atom stereocenters. The van der Waals surface area contributed by atoms with Gasteiger partial charge in [-0.2, -0.15) is 13.2 Å². The number of rotatable bonds is 7. The van der Waals surface area contributed by atoms with E-state index in [9.17, 15) is 27.9 Å². The van der Waals surface area contributed by atoms with Gasteiger partial charge in [-0.1, -0.05) is 23.7 Å². The number of methoxy groups -OCH3 is 1. The van der Waals surface area contributed by atoms with Gasteiger partial charge in [0, 0.05) is 45.8 Å². The number of aromatic nitrogens is 1. The van der Waals surface area contributed by atoms with Crippen LogP contribution in [0.15, 0.2) is 36.5 Å². The molecular formula is C29H36ClF3N4O4. The van der Waals surface area contributed by atoms with Crippen molar-refractivity contribution < 1.29 is 32.6 Å². The Morgan fingerprint density at radius 2 is 1.68 bits per heavy atom. The number of ether oxygens (including phenoxy) is 1. The lowest BCUT2D eigenvalue weighted by molar-refractivity contribution is -0.262. The largest absolute Gasteiger partial charge is 0.497 e. The molecule has 1 aromatic heterocycles. The van der Waals surface area contributed by atoms with Crippen molar-refractivity contribution in [1.29, 1.82) is 0 Å². The molecule has 2 aromatic rings. The molecule has 3 heterocycles. The fraction of sp³-hybridized carbons (Fsp3) is 0.552. The molecule has 224 valence electrons. The van der Waals surface area contributed by atoms with E-state index in [2.05, 4.69) is 9.88 Å². The summed E-state index contributed by atoms with van der Waals surface area (Å²) in [4.78, 5) is 34.4. The Balaban J connectivity index is 1.31. The maximum atomic E-state index is 14.1. The molecule has 4 rings (SSSR count). The van der Waals surface area contributed by atoms with Crippen LogP contribution in [-0.4, -0.2) is 85.3 Å². The summed E-state index contributed by atoms with van der Waals surface area (Å²) in [5.74, 6) is -0.732. The number of benzene rings is 1. The van der Waals surface area contributed by atoms with Crippen molar-refractivity contribution >= 4 is 29.1 Å². The van der Waals surface area contributed by atoms with Crippen LogP contribution < -0.4 is 9.64 Å². The number of nitrogens with zero attached hydrogens (tertiary/aromatic N) is 4. The fourth-order valence-electron chi connectivity index (χ4n) is 5.73. The van der Waals surface area contributed by atoms with Gasteiger partial charge in [-0.05, 0) is 62.1 Å². The van der Waals surface area contributed by atoms with Crippen molar-refractivity contribution in [2.24, 2.45) is 11.8 Å². The van der Waals surface area contributed by atoms with Gasteiger partial charge in [-0.15, -0.1) is 0 Å². The minimum Gasteiger partial charge on any atom is -0.497 e. The number of hydrogen-bond acceptors (Lipinski definition) is 6. The molecule has 0 radical (unpaired) electrons. The molecule has 1 N–H and O–H groups in total. The summed E-state index contributed by atoms with van der Waals surface area (Å²) < 4.78 is 47.3. The number of piperidine rings is 2. The van der Waals surface area contributed by atoms with Crippen LogP contribution >= 0.6 is 11.6 Å². The molecule has 1 aromatic carbocycles. The molecule has 2 saturated heterocycles. The highest BCUT2D eigenvalue weighted by atomic mass is 35.5. The van der Waals surface area contributed by atoms with Gasteiger partial charge in [0.1, 0.15) is 11.4 Å². The van der Waals surface area contributed by atoms with Crippen molar-refractivity contribution in [2.45, 2.75) is 43.9 Å². The highest BCUT2D eigenvalue weighted by Crippen LogP contribution is 2.42. The Labute approximate surface area is 243 Å². The number of aliphatic hydroxyl groups is 1. The number of amides is 2. The SMILES string of the molecule is COc1cccc([C@](O)(C(=O)N2CCC(CC3CCN(c4cnc(C(=O)N(C)C)c(Cl)c4)CC3)CC2)C(F)(F)F)c1. The summed E-state index contributed by atoms with van der Waals surface area (Å²) >= 11 is 6.33. The van der Waals surface area contributed by atoms with Crippen molar-refractivity contribution in [3.63, 3.8) is 0 Å². The Morgan fingerprint density at radius 3 is 2.22 bits per heavy atom. The fourth-order valence-corrected chi connectivity index (χ4v) is 5.97. The molecule has 0 saturated carbocycles. The average molecular weight is 597 g/mol. The van der Waals surface area contributed by atoms with E-state index in [1.54, 1.807) is 26.4 Å². The first kappa shape index (κ1) is 30.9. The van der Waals surface area contributed by atoms with Crippen LogP contribution in [0.1, 0.15) is 48.2 Å². The summed E-state index contributed by atoms with van der Waals surface area (Å²) in [5, 5.41) is 11.1. The molecule has 0 spiro atoms. The molecule has 8 nitrogen and oxygen atoms in total. The van der Waals surface area contributed by atoms with Gasteiger partial charge < -0.3 is 24.5 Å². The second-order valence-corrected chi connectivity index (χ2v) is 11.5. The third-order valence-corrected chi connectivity index (χ3v) is 8.48. The summed E-state index contributed by atoms with van der Waals surface area (Å²) in [5.41, 5.74) is -3.11. The number of pyridine rings is 1. The highest BCUT2D eigenvalue weighted by molar-refractivity contribution is 6.33. The van der Waals surface area contributed by atoms with Gasteiger partial charge in [0.15, 0.2) is 0 Å². The first-order valence-electron chi connectivity index (χ1n) is 13.7. The summed E-state index contributed by atoms with van der Waals surface area (Å²) in [7, 11) is 4.60. The topological polar surface area (TPSA) is 86.2 Å². The van der Waals surface area contributed by atoms with Crippen molar-refractivity contribution in [3.8, 4) is 5.75 Å². The van der Waals surface area contributed by atoms with Crippen LogP contribution in [-0.2, 0) is 10.4 Å². The minimum atomic E-state index is -5.19. The maximum absolute atomic E-state index is 14.1. The first-order valence-corrected chi connectivity index (χ1v) is 14.1. The van der Waals surface area contributed by atoms with Gasteiger partial charge in [-0.25, -0.2) is 4.98 Å². The smallest absolute Gasteiger partial charge is 0.430 e. The predicted molar refractivity (Wildman–Crippen MR) is 149 cm³/mol. The third kappa shape index (κ3) is 6.56. The van der Waals surface area contributed by atoms with Crippen LogP contribution in [0, 0.1) is 11.8 Å². The number of likely N-dealkylation sites (tertiary alicyclic amines) is 1. The Hall–Kier alpha value is -3.05. The molecule has 0 unspecified atom stereocenters. The third-order valence-electron chi connectivity index (χ3n) is 8.19. The second-order valence-electron chi connectivity index (χ2n) is 11.1. The Morgan fingerprint density at radius 1 is 1.07 bits per heavy atom. The molecule has 41 heavy (non-hydrogen) atoms. The number of alkyl halides is 3. The number of anilines is 1. The van der Waals surface area contributed by atoms with Crippen LogP contribution in [0.3, 0.4) is 0 Å². The quantitative estimate of drug-likeness (QED) is 0.497. The normalized spacial score (nSPS) is 18.6. The van der Waals surface area contributed by atoms with E-state index in [1.807, 2.05) is 0 Å². The van der Waals surface area contributed by atoms with Crippen LogP contribution in [0.2, 0.25) is 5.02 Å². The zero-order valence-corrected chi connectivity index (χ0v) is 24.2. The molecule has 2 aliphatic rings. The maximum Gasteiger partial charge on any atom is 0.430 e. The summed E-state index contributed by atoms with van der Waals surface area (Å²) in [6.07, 6.45) is 0.465. The number of carbonyl (C=O) groups excluding carboxylic acids is 2. The summed E-state index contributed by atoms with van der Waals surface area (Å²) in [6, 6.07) is 6.69. The molecule has 0 aliphatic carbocycles. The van der Waals surface area contributed by atoms with E-state index in [0.717, 1.165) is 55.1 Å². The van der Waals surface area contributed by atoms with Crippen LogP contribution in [0.4, 0.5) is 18.9 Å². The lowest BCUT2D eigenvalue weighted by atomic mass is 9.82. The first-order chi connectivity index (χ1) is 19.3. The van der Waals surface area contributed by atoms with Crippen molar-refractivity contribution in [2.75, 3.05) is 52.3 Å². The van der Waals surface area contributed by atoms with Gasteiger partial charge in [0.25, 0.3) is 17.4 Å². The number of hydrogen-bond donors (Lipinski definition) is 1. The van der Waals surface area contributed by atoms with E-state index < -0.39 is 23.2 Å². The molecule has 2 fully saturated rings. The van der Waals surface area contributed by atoms with E-state index >= 15 is 0 Å². The van der Waals surface area contributed by atoms with Gasteiger partial charge in [0.2, 0.25) is 0 Å². The van der Waals surface area contributed by atoms with Gasteiger partial charge >= 0.3 is 6.18 Å². The zero-order chi connectivity index (χ0) is 29.9. The van der Waals surface area contributed by atoms with Gasteiger partial charge in [0.05, 0.1) is 24.0 Å². The molecule has 0 bridgehead atoms. The van der Waals surface area contributed by atoms with E-state index in [4.69, 9.17) is 16.3 Å². The second kappa shape index (κ2) is 12.4. The molecule has 2 aliphatic heterocycles. The predicted octanol–water partition coefficient (Wildman–Crippen LogP) is 4.74. The van der Waals surface area contributed by atoms with Crippen LogP contribution in [0.25, 0.3) is 0 Å². The molecule has 12 heteroatoms. The monoisotopic (exact) mass is 596 g/mol. The standard InChI is InChI=1S/C29H36ClF3N4O4/c1-35(2)26(38)25-24(30)17-22(18-34-25)36-11-7-19(8-12-36)15-20-9-13-37(14-10-20)27(39)28(40,29(31,32)33)21-5-4-6-23(16-21)41-3/h4-6,16-20,40H,7-15H2,1-3H3/t28-/m0/s1. The average Bonchev–Trinajstić information content (AvgIpc) is 2.96. The number of halogens is 4. The zero-order valence-electron chi connectivity index (χ0n) is 23.5.